The van der Waals surface area contributed by atoms with Crippen molar-refractivity contribution in [1.82, 2.24) is 0 Å². The molecular formula is C14H11NO5. The Labute approximate surface area is 113 Å². The molecule has 1 amide bonds. The largest absolute Gasteiger partial charge is 0.508 e. The quantitative estimate of drug-likeness (QED) is 0.684. The molecule has 0 bridgehead atoms. The van der Waals surface area contributed by atoms with Gasteiger partial charge in [-0.2, -0.15) is 0 Å². The zero-order chi connectivity index (χ0) is 14.7. The standard InChI is InChI=1S/C14H11NO5/c16-8-5-6-10(12(17)7-8)13(18)15-11-4-2-1-3-9(11)14(19)20/h1-7,16-17H,(H,15,18)(H,19,20). The Kier molecular flexibility index (Phi) is 3.56. The molecule has 0 aromatic heterocycles. The fourth-order valence-corrected chi connectivity index (χ4v) is 1.68. The van der Waals surface area contributed by atoms with Crippen molar-refractivity contribution in [3.8, 4) is 11.5 Å². The van der Waals surface area contributed by atoms with E-state index >= 15 is 0 Å². The number of amides is 1. The Hall–Kier alpha value is -3.02. The number of phenolic OH excluding ortho intramolecular Hbond substituents is 2. The summed E-state index contributed by atoms with van der Waals surface area (Å²) in [5.41, 5.74) is -0.000384. The van der Waals surface area contributed by atoms with Crippen molar-refractivity contribution >= 4 is 17.6 Å². The highest BCUT2D eigenvalue weighted by molar-refractivity contribution is 6.09. The van der Waals surface area contributed by atoms with Crippen molar-refractivity contribution in [3.05, 3.63) is 53.6 Å². The lowest BCUT2D eigenvalue weighted by Gasteiger charge is -2.09. The Balaban J connectivity index is 2.30. The number of carboxylic acids is 1. The van der Waals surface area contributed by atoms with E-state index in [-0.39, 0.29) is 22.6 Å². The molecule has 0 aliphatic carbocycles. The number of rotatable bonds is 3. The van der Waals surface area contributed by atoms with Crippen molar-refractivity contribution in [2.24, 2.45) is 0 Å². The molecule has 0 saturated carbocycles. The van der Waals surface area contributed by atoms with Crippen LogP contribution in [0.3, 0.4) is 0 Å². The second kappa shape index (κ2) is 5.31. The number of hydrogen-bond donors (Lipinski definition) is 4. The number of anilines is 1. The minimum atomic E-state index is -1.17. The van der Waals surface area contributed by atoms with E-state index in [0.717, 1.165) is 6.07 Å². The molecule has 2 aromatic carbocycles. The monoisotopic (exact) mass is 273 g/mol. The lowest BCUT2D eigenvalue weighted by molar-refractivity contribution is 0.0698. The number of hydrogen-bond acceptors (Lipinski definition) is 4. The van der Waals surface area contributed by atoms with Crippen LogP contribution in [0, 0.1) is 0 Å². The fraction of sp³-hybridized carbons (Fsp3) is 0. The van der Waals surface area contributed by atoms with Gasteiger partial charge in [-0.15, -0.1) is 0 Å². The van der Waals surface area contributed by atoms with Crippen LogP contribution < -0.4 is 5.32 Å². The first kappa shape index (κ1) is 13.4. The van der Waals surface area contributed by atoms with E-state index < -0.39 is 17.6 Å². The summed E-state index contributed by atoms with van der Waals surface area (Å²) in [6.45, 7) is 0. The lowest BCUT2D eigenvalue weighted by Crippen LogP contribution is -2.14. The first-order chi connectivity index (χ1) is 9.49. The second-order valence-electron chi connectivity index (χ2n) is 4.01. The third-order valence-corrected chi connectivity index (χ3v) is 2.63. The maximum atomic E-state index is 12.0. The average molecular weight is 273 g/mol. The normalized spacial score (nSPS) is 10.0. The predicted octanol–water partition coefficient (Wildman–Crippen LogP) is 2.05. The minimum absolute atomic E-state index is 0.0564. The molecule has 6 nitrogen and oxygen atoms in total. The highest BCUT2D eigenvalue weighted by Gasteiger charge is 2.15. The third kappa shape index (κ3) is 2.69. The molecule has 0 aliphatic heterocycles. The van der Waals surface area contributed by atoms with E-state index in [1.807, 2.05) is 0 Å². The molecule has 2 rings (SSSR count). The van der Waals surface area contributed by atoms with Gasteiger partial charge in [0.25, 0.3) is 5.91 Å². The van der Waals surface area contributed by atoms with Crippen LogP contribution in [0.15, 0.2) is 42.5 Å². The molecule has 0 unspecified atom stereocenters. The molecule has 0 fully saturated rings. The first-order valence-electron chi connectivity index (χ1n) is 5.64. The van der Waals surface area contributed by atoms with Gasteiger partial charge in [-0.25, -0.2) is 4.79 Å². The molecule has 0 heterocycles. The molecule has 20 heavy (non-hydrogen) atoms. The SMILES string of the molecule is O=C(Nc1ccccc1C(=O)O)c1ccc(O)cc1O. The van der Waals surface area contributed by atoms with E-state index in [9.17, 15) is 14.7 Å². The van der Waals surface area contributed by atoms with Crippen LogP contribution >= 0.6 is 0 Å². The molecule has 4 N–H and O–H groups in total. The number of carbonyl (C=O) groups excluding carboxylic acids is 1. The lowest BCUT2D eigenvalue weighted by atomic mass is 10.1. The minimum Gasteiger partial charge on any atom is -0.508 e. The molecule has 0 saturated heterocycles. The van der Waals surface area contributed by atoms with Gasteiger partial charge in [-0.1, -0.05) is 12.1 Å². The fourth-order valence-electron chi connectivity index (χ4n) is 1.68. The molecule has 0 radical (unpaired) electrons. The van der Waals surface area contributed by atoms with Crippen molar-refractivity contribution in [3.63, 3.8) is 0 Å². The molecular weight excluding hydrogens is 262 g/mol. The summed E-state index contributed by atoms with van der Waals surface area (Å²) in [6.07, 6.45) is 0. The predicted molar refractivity (Wildman–Crippen MR) is 71.1 cm³/mol. The van der Waals surface area contributed by atoms with Crippen molar-refractivity contribution in [2.75, 3.05) is 5.32 Å². The van der Waals surface area contributed by atoms with Crippen molar-refractivity contribution in [1.29, 1.82) is 0 Å². The van der Waals surface area contributed by atoms with E-state index in [0.29, 0.717) is 0 Å². The van der Waals surface area contributed by atoms with Gasteiger partial charge >= 0.3 is 5.97 Å². The highest BCUT2D eigenvalue weighted by atomic mass is 16.4. The zero-order valence-corrected chi connectivity index (χ0v) is 10.2. The summed E-state index contributed by atoms with van der Waals surface area (Å²) in [4.78, 5) is 23.0. The van der Waals surface area contributed by atoms with E-state index in [2.05, 4.69) is 5.32 Å². The molecule has 0 atom stereocenters. The van der Waals surface area contributed by atoms with Gasteiger partial charge in [0, 0.05) is 6.07 Å². The van der Waals surface area contributed by atoms with Gasteiger partial charge in [-0.3, -0.25) is 4.79 Å². The Morgan fingerprint density at radius 3 is 2.30 bits per heavy atom. The van der Waals surface area contributed by atoms with Gasteiger partial charge < -0.3 is 20.6 Å². The van der Waals surface area contributed by atoms with Crippen LogP contribution in [-0.4, -0.2) is 27.2 Å². The van der Waals surface area contributed by atoms with Gasteiger partial charge in [0.15, 0.2) is 0 Å². The third-order valence-electron chi connectivity index (χ3n) is 2.63. The zero-order valence-electron chi connectivity index (χ0n) is 10.2. The number of carboxylic acid groups (broad SMARTS) is 1. The maximum absolute atomic E-state index is 12.0. The van der Waals surface area contributed by atoms with Crippen LogP contribution in [0.2, 0.25) is 0 Å². The highest BCUT2D eigenvalue weighted by Crippen LogP contribution is 2.24. The summed E-state index contributed by atoms with van der Waals surface area (Å²) in [5, 5.41) is 30.2. The number of phenols is 2. The Bertz CT molecular complexity index is 681. The molecule has 102 valence electrons. The number of aromatic carboxylic acids is 1. The number of aromatic hydroxyl groups is 2. The van der Waals surface area contributed by atoms with Gasteiger partial charge in [0.2, 0.25) is 0 Å². The van der Waals surface area contributed by atoms with Crippen LogP contribution in [0.1, 0.15) is 20.7 Å². The van der Waals surface area contributed by atoms with Crippen molar-refractivity contribution in [2.45, 2.75) is 0 Å². The van der Waals surface area contributed by atoms with Gasteiger partial charge in [-0.05, 0) is 24.3 Å². The summed E-state index contributed by atoms with van der Waals surface area (Å²) in [5.74, 6) is -2.41. The number of nitrogens with one attached hydrogen (secondary N) is 1. The Morgan fingerprint density at radius 1 is 0.950 bits per heavy atom. The van der Waals surface area contributed by atoms with Gasteiger partial charge in [0.05, 0.1) is 16.8 Å². The second-order valence-corrected chi connectivity index (χ2v) is 4.01. The average Bonchev–Trinajstić information content (AvgIpc) is 2.38. The van der Waals surface area contributed by atoms with Crippen LogP contribution in [0.5, 0.6) is 11.5 Å². The maximum Gasteiger partial charge on any atom is 0.337 e. The molecule has 6 heteroatoms. The van der Waals surface area contributed by atoms with Crippen LogP contribution in [-0.2, 0) is 0 Å². The smallest absolute Gasteiger partial charge is 0.337 e. The summed E-state index contributed by atoms with van der Waals surface area (Å²) in [6, 6.07) is 9.43. The first-order valence-corrected chi connectivity index (χ1v) is 5.64. The summed E-state index contributed by atoms with van der Waals surface area (Å²) >= 11 is 0. The Morgan fingerprint density at radius 2 is 1.65 bits per heavy atom. The van der Waals surface area contributed by atoms with E-state index in [1.165, 1.54) is 30.3 Å². The molecule has 0 aliphatic rings. The van der Waals surface area contributed by atoms with E-state index in [1.54, 1.807) is 6.07 Å². The topological polar surface area (TPSA) is 107 Å². The van der Waals surface area contributed by atoms with Gasteiger partial charge in [0.1, 0.15) is 11.5 Å². The molecule has 2 aromatic rings. The summed E-state index contributed by atoms with van der Waals surface area (Å²) < 4.78 is 0. The van der Waals surface area contributed by atoms with Crippen LogP contribution in [0.4, 0.5) is 5.69 Å². The van der Waals surface area contributed by atoms with E-state index in [4.69, 9.17) is 10.2 Å². The molecule has 0 spiro atoms. The van der Waals surface area contributed by atoms with Crippen LogP contribution in [0.25, 0.3) is 0 Å². The number of carbonyl (C=O) groups is 2. The van der Waals surface area contributed by atoms with Crippen molar-refractivity contribution < 1.29 is 24.9 Å². The number of benzene rings is 2. The number of para-hydroxylation sites is 1. The summed E-state index contributed by atoms with van der Waals surface area (Å²) in [7, 11) is 0.